The summed E-state index contributed by atoms with van der Waals surface area (Å²) in [5, 5.41) is 4.67. The van der Waals surface area contributed by atoms with Crippen molar-refractivity contribution in [1.82, 2.24) is 5.32 Å². The summed E-state index contributed by atoms with van der Waals surface area (Å²) in [5.41, 5.74) is 1.55. The summed E-state index contributed by atoms with van der Waals surface area (Å²) < 4.78 is 0. The van der Waals surface area contributed by atoms with E-state index < -0.39 is 0 Å². The molecule has 0 unspecified atom stereocenters. The largest absolute Gasteiger partial charge is 0.317 e. The Morgan fingerprint density at radius 2 is 1.80 bits per heavy atom. The summed E-state index contributed by atoms with van der Waals surface area (Å²) in [7, 11) is 0. The van der Waals surface area contributed by atoms with Crippen LogP contribution in [0.5, 0.6) is 0 Å². The Morgan fingerprint density at radius 3 is 2.40 bits per heavy atom. The number of hydrogen-bond acceptors (Lipinski definition) is 1. The molecule has 1 heterocycles. The Kier molecular flexibility index (Phi) is 3.24. The van der Waals surface area contributed by atoms with Gasteiger partial charge >= 0.3 is 0 Å². The highest BCUT2D eigenvalue weighted by molar-refractivity contribution is 6.42. The van der Waals surface area contributed by atoms with Gasteiger partial charge in [0.25, 0.3) is 0 Å². The second kappa shape index (κ2) is 4.32. The van der Waals surface area contributed by atoms with Crippen molar-refractivity contribution in [1.29, 1.82) is 0 Å². The van der Waals surface area contributed by atoms with Crippen molar-refractivity contribution in [3.8, 4) is 0 Å². The molecule has 0 saturated carbocycles. The van der Waals surface area contributed by atoms with Crippen molar-refractivity contribution in [2.45, 2.75) is 25.2 Å². The Balaban J connectivity index is 2.31. The molecule has 15 heavy (non-hydrogen) atoms. The van der Waals surface area contributed by atoms with Gasteiger partial charge in [0.05, 0.1) is 10.0 Å². The van der Waals surface area contributed by atoms with E-state index >= 15 is 0 Å². The van der Waals surface area contributed by atoms with Crippen LogP contribution in [0.4, 0.5) is 0 Å². The maximum atomic E-state index is 6.05. The molecule has 1 saturated heterocycles. The maximum absolute atomic E-state index is 6.05. The molecule has 1 aromatic rings. The fourth-order valence-corrected chi connectivity index (χ4v) is 2.44. The zero-order chi connectivity index (χ0) is 10.9. The standard InChI is InChI=1S/C12H15Cl2N/c1-12(4-6-15-7-5-12)9-2-3-10(13)11(14)8-9/h2-3,8,15H,4-7H2,1H3. The van der Waals surface area contributed by atoms with Crippen LogP contribution in [0.2, 0.25) is 10.0 Å². The highest BCUT2D eigenvalue weighted by Gasteiger charge is 2.28. The predicted octanol–water partition coefficient (Wildman–Crippen LogP) is 3.63. The van der Waals surface area contributed by atoms with E-state index in [0.717, 1.165) is 25.9 Å². The smallest absolute Gasteiger partial charge is 0.0595 e. The number of piperidine rings is 1. The first kappa shape index (κ1) is 11.3. The maximum Gasteiger partial charge on any atom is 0.0595 e. The summed E-state index contributed by atoms with van der Waals surface area (Å²) in [4.78, 5) is 0. The lowest BCUT2D eigenvalue weighted by atomic mass is 9.75. The van der Waals surface area contributed by atoms with Crippen molar-refractivity contribution in [2.75, 3.05) is 13.1 Å². The lowest BCUT2D eigenvalue weighted by Crippen LogP contribution is -2.37. The van der Waals surface area contributed by atoms with Crippen LogP contribution in [0.25, 0.3) is 0 Å². The van der Waals surface area contributed by atoms with Crippen LogP contribution in [0.3, 0.4) is 0 Å². The van der Waals surface area contributed by atoms with Crippen LogP contribution in [-0.2, 0) is 5.41 Å². The third-order valence-corrected chi connectivity index (χ3v) is 4.06. The van der Waals surface area contributed by atoms with Crippen LogP contribution in [0.1, 0.15) is 25.3 Å². The average Bonchev–Trinajstić information content (AvgIpc) is 2.23. The summed E-state index contributed by atoms with van der Waals surface area (Å²) in [6, 6.07) is 6.00. The molecular weight excluding hydrogens is 229 g/mol. The van der Waals surface area contributed by atoms with Gasteiger partial charge in [0, 0.05) is 0 Å². The second-order valence-corrected chi connectivity index (χ2v) is 5.25. The van der Waals surface area contributed by atoms with E-state index in [1.807, 2.05) is 12.1 Å². The Labute approximate surface area is 101 Å². The molecular formula is C12H15Cl2N. The van der Waals surface area contributed by atoms with Crippen molar-refractivity contribution in [3.63, 3.8) is 0 Å². The lowest BCUT2D eigenvalue weighted by Gasteiger charge is -2.34. The molecule has 82 valence electrons. The number of hydrogen-bond donors (Lipinski definition) is 1. The van der Waals surface area contributed by atoms with Gasteiger partial charge < -0.3 is 5.32 Å². The van der Waals surface area contributed by atoms with Crippen LogP contribution in [0.15, 0.2) is 18.2 Å². The molecule has 0 spiro atoms. The first-order valence-corrected chi connectivity index (χ1v) is 6.04. The summed E-state index contributed by atoms with van der Waals surface area (Å²) in [6.07, 6.45) is 2.32. The molecule has 1 fully saturated rings. The van der Waals surface area contributed by atoms with Crippen LogP contribution >= 0.6 is 23.2 Å². The minimum absolute atomic E-state index is 0.249. The molecule has 1 aromatic carbocycles. The van der Waals surface area contributed by atoms with E-state index in [9.17, 15) is 0 Å². The third-order valence-electron chi connectivity index (χ3n) is 3.32. The minimum Gasteiger partial charge on any atom is -0.317 e. The second-order valence-electron chi connectivity index (χ2n) is 4.44. The lowest BCUT2D eigenvalue weighted by molar-refractivity contribution is 0.335. The molecule has 0 bridgehead atoms. The fourth-order valence-electron chi connectivity index (χ4n) is 2.14. The first-order chi connectivity index (χ1) is 7.12. The summed E-state index contributed by atoms with van der Waals surface area (Å²) in [6.45, 7) is 4.46. The normalized spacial score (nSPS) is 20.2. The highest BCUT2D eigenvalue weighted by Crippen LogP contribution is 2.35. The van der Waals surface area contributed by atoms with E-state index in [0.29, 0.717) is 10.0 Å². The first-order valence-electron chi connectivity index (χ1n) is 5.28. The van der Waals surface area contributed by atoms with E-state index in [2.05, 4.69) is 18.3 Å². The molecule has 1 nitrogen and oxygen atoms in total. The number of halogens is 2. The van der Waals surface area contributed by atoms with Crippen molar-refractivity contribution in [2.24, 2.45) is 0 Å². The van der Waals surface area contributed by atoms with E-state index in [-0.39, 0.29) is 5.41 Å². The molecule has 0 amide bonds. The molecule has 3 heteroatoms. The number of rotatable bonds is 1. The van der Waals surface area contributed by atoms with Gasteiger partial charge in [-0.15, -0.1) is 0 Å². The van der Waals surface area contributed by atoms with Gasteiger partial charge in [-0.1, -0.05) is 36.2 Å². The SMILES string of the molecule is CC1(c2ccc(Cl)c(Cl)c2)CCNCC1. The Hall–Kier alpha value is -0.240. The Bertz CT molecular complexity index is 357. The highest BCUT2D eigenvalue weighted by atomic mass is 35.5. The monoisotopic (exact) mass is 243 g/mol. The number of nitrogens with one attached hydrogen (secondary N) is 1. The van der Waals surface area contributed by atoms with Crippen molar-refractivity contribution >= 4 is 23.2 Å². The average molecular weight is 244 g/mol. The molecule has 0 radical (unpaired) electrons. The van der Waals surface area contributed by atoms with Gasteiger partial charge in [-0.05, 0) is 49.0 Å². The molecule has 1 aliphatic rings. The Morgan fingerprint density at radius 1 is 1.13 bits per heavy atom. The van der Waals surface area contributed by atoms with E-state index in [4.69, 9.17) is 23.2 Å². The van der Waals surface area contributed by atoms with Gasteiger partial charge in [-0.25, -0.2) is 0 Å². The van der Waals surface area contributed by atoms with Crippen molar-refractivity contribution in [3.05, 3.63) is 33.8 Å². The van der Waals surface area contributed by atoms with Gasteiger partial charge in [0.15, 0.2) is 0 Å². The molecule has 1 aliphatic heterocycles. The number of benzene rings is 1. The molecule has 0 aromatic heterocycles. The third kappa shape index (κ3) is 2.30. The van der Waals surface area contributed by atoms with Gasteiger partial charge in [-0.2, -0.15) is 0 Å². The fraction of sp³-hybridized carbons (Fsp3) is 0.500. The molecule has 1 N–H and O–H groups in total. The van der Waals surface area contributed by atoms with Gasteiger partial charge in [-0.3, -0.25) is 0 Å². The van der Waals surface area contributed by atoms with Crippen LogP contribution < -0.4 is 5.32 Å². The quantitative estimate of drug-likeness (QED) is 0.795. The van der Waals surface area contributed by atoms with E-state index in [1.54, 1.807) is 0 Å². The summed E-state index contributed by atoms with van der Waals surface area (Å²) in [5.74, 6) is 0. The van der Waals surface area contributed by atoms with Gasteiger partial charge in [0.1, 0.15) is 0 Å². The van der Waals surface area contributed by atoms with Crippen LogP contribution in [-0.4, -0.2) is 13.1 Å². The van der Waals surface area contributed by atoms with E-state index in [1.165, 1.54) is 5.56 Å². The van der Waals surface area contributed by atoms with Gasteiger partial charge in [0.2, 0.25) is 0 Å². The topological polar surface area (TPSA) is 12.0 Å². The predicted molar refractivity (Wildman–Crippen MR) is 65.9 cm³/mol. The zero-order valence-electron chi connectivity index (χ0n) is 8.82. The molecule has 2 rings (SSSR count). The van der Waals surface area contributed by atoms with Crippen LogP contribution in [0, 0.1) is 0 Å². The molecule has 0 aliphatic carbocycles. The molecule has 0 atom stereocenters. The zero-order valence-corrected chi connectivity index (χ0v) is 10.3. The van der Waals surface area contributed by atoms with Crippen molar-refractivity contribution < 1.29 is 0 Å². The summed E-state index contributed by atoms with van der Waals surface area (Å²) >= 11 is 12.0. The minimum atomic E-state index is 0.249.